The second-order valence-corrected chi connectivity index (χ2v) is 13.2. The number of aromatic nitrogens is 2. The van der Waals surface area contributed by atoms with Crippen molar-refractivity contribution >= 4 is 34.8 Å². The molecule has 6 rings (SSSR count). The van der Waals surface area contributed by atoms with E-state index >= 15 is 0 Å². The third-order valence-electron chi connectivity index (χ3n) is 9.32. The van der Waals surface area contributed by atoms with Crippen LogP contribution in [0.15, 0.2) is 18.5 Å². The van der Waals surface area contributed by atoms with Crippen molar-refractivity contribution in [3.8, 4) is 0 Å². The van der Waals surface area contributed by atoms with E-state index in [4.69, 9.17) is 9.72 Å². The summed E-state index contributed by atoms with van der Waals surface area (Å²) < 4.78 is 7.98. The average molecular weight is 551 g/mol. The van der Waals surface area contributed by atoms with Crippen molar-refractivity contribution in [1.29, 1.82) is 0 Å². The standard InChI is InChI=1S/C30H42N6O4/c1-19-15-36(27-24(19)13-23(14-31-27)35-12-9-26(37)32-28(35)38)22-7-10-33(11-8-22)18-25-20-5-6-21(25)17-34(16-20)29(39)40-30(2,3)4/h13-15,20-22,25H,5-12,16-18H2,1-4H3,(H,32,37,38)/t20-,21+,25?. The Morgan fingerprint density at radius 2 is 1.77 bits per heavy atom. The Morgan fingerprint density at radius 3 is 2.42 bits per heavy atom. The van der Waals surface area contributed by atoms with Crippen molar-refractivity contribution in [2.75, 3.05) is 44.2 Å². The summed E-state index contributed by atoms with van der Waals surface area (Å²) in [5, 5.41) is 3.45. The molecule has 4 fully saturated rings. The highest BCUT2D eigenvalue weighted by molar-refractivity contribution is 6.06. The first-order chi connectivity index (χ1) is 19.1. The number of likely N-dealkylation sites (tertiary alicyclic amines) is 2. The van der Waals surface area contributed by atoms with Crippen LogP contribution in [-0.4, -0.2) is 82.3 Å². The largest absolute Gasteiger partial charge is 0.444 e. The number of aryl methyl sites for hydroxylation is 1. The molecule has 5 heterocycles. The summed E-state index contributed by atoms with van der Waals surface area (Å²) in [4.78, 5) is 47.5. The van der Waals surface area contributed by atoms with Gasteiger partial charge in [0.15, 0.2) is 0 Å². The molecule has 2 bridgehead atoms. The number of pyridine rings is 1. The van der Waals surface area contributed by atoms with Crippen LogP contribution in [0.1, 0.15) is 64.5 Å². The molecule has 0 radical (unpaired) electrons. The first-order valence-electron chi connectivity index (χ1n) is 14.8. The third kappa shape index (κ3) is 5.30. The van der Waals surface area contributed by atoms with E-state index in [0.717, 1.165) is 67.8 Å². The lowest BCUT2D eigenvalue weighted by atomic mass is 9.84. The quantitative estimate of drug-likeness (QED) is 0.609. The fourth-order valence-electron chi connectivity index (χ4n) is 7.31. The molecule has 10 nitrogen and oxygen atoms in total. The van der Waals surface area contributed by atoms with Crippen LogP contribution >= 0.6 is 0 Å². The first kappa shape index (κ1) is 27.1. The Kier molecular flexibility index (Phi) is 7.01. The van der Waals surface area contributed by atoms with Gasteiger partial charge in [-0.25, -0.2) is 14.6 Å². The zero-order valence-corrected chi connectivity index (χ0v) is 24.2. The summed E-state index contributed by atoms with van der Waals surface area (Å²) in [5.74, 6) is 1.56. The van der Waals surface area contributed by atoms with Gasteiger partial charge in [-0.15, -0.1) is 0 Å². The van der Waals surface area contributed by atoms with Gasteiger partial charge in [-0.3, -0.25) is 15.0 Å². The molecule has 216 valence electrons. The summed E-state index contributed by atoms with van der Waals surface area (Å²) in [7, 11) is 0. The van der Waals surface area contributed by atoms with Crippen LogP contribution in [0.2, 0.25) is 0 Å². The number of urea groups is 1. The molecule has 2 aromatic heterocycles. The van der Waals surface area contributed by atoms with Gasteiger partial charge in [-0.1, -0.05) is 0 Å². The predicted molar refractivity (Wildman–Crippen MR) is 152 cm³/mol. The highest BCUT2D eigenvalue weighted by Crippen LogP contribution is 2.43. The lowest BCUT2D eigenvalue weighted by Gasteiger charge is -2.42. The molecule has 1 saturated carbocycles. The van der Waals surface area contributed by atoms with Crippen molar-refractivity contribution in [2.45, 2.75) is 71.4 Å². The molecule has 1 aliphatic carbocycles. The molecule has 3 saturated heterocycles. The molecule has 0 spiro atoms. The van der Waals surface area contributed by atoms with Crippen LogP contribution < -0.4 is 10.2 Å². The monoisotopic (exact) mass is 550 g/mol. The first-order valence-corrected chi connectivity index (χ1v) is 14.8. The number of anilines is 1. The van der Waals surface area contributed by atoms with E-state index in [1.165, 1.54) is 12.8 Å². The molecule has 0 aromatic carbocycles. The number of ether oxygens (including phenoxy) is 1. The van der Waals surface area contributed by atoms with Gasteiger partial charge >= 0.3 is 12.1 Å². The van der Waals surface area contributed by atoms with Gasteiger partial charge in [0.05, 0.1) is 11.9 Å². The number of amides is 4. The Balaban J connectivity index is 1.07. The number of nitrogens with one attached hydrogen (secondary N) is 1. The second-order valence-electron chi connectivity index (χ2n) is 13.2. The lowest BCUT2D eigenvalue weighted by Crippen LogP contribution is -2.50. The van der Waals surface area contributed by atoms with E-state index < -0.39 is 5.60 Å². The summed E-state index contributed by atoms with van der Waals surface area (Å²) in [6.45, 7) is 13.2. The molecule has 3 atom stereocenters. The van der Waals surface area contributed by atoms with Crippen LogP contribution in [0, 0.1) is 24.7 Å². The SMILES string of the molecule is Cc1cn(C2CCN(CC3[C@@H]4CC[C@H]3CN(C(=O)OC(C)(C)C)C4)CC2)c2ncc(N3CCC(=O)NC3=O)cc12. The van der Waals surface area contributed by atoms with Crippen molar-refractivity contribution in [3.63, 3.8) is 0 Å². The lowest BCUT2D eigenvalue weighted by molar-refractivity contribution is -0.120. The number of hydrogen-bond acceptors (Lipinski definition) is 6. The molecule has 2 aromatic rings. The fourth-order valence-corrected chi connectivity index (χ4v) is 7.31. The minimum atomic E-state index is -0.454. The molecule has 1 N–H and O–H groups in total. The number of hydrogen-bond donors (Lipinski definition) is 1. The van der Waals surface area contributed by atoms with E-state index in [2.05, 4.69) is 27.9 Å². The van der Waals surface area contributed by atoms with E-state index in [9.17, 15) is 14.4 Å². The maximum atomic E-state index is 12.7. The molecule has 3 aliphatic heterocycles. The number of nitrogens with zero attached hydrogens (tertiary/aromatic N) is 5. The number of piperidine rings is 2. The van der Waals surface area contributed by atoms with Crippen molar-refractivity contribution in [3.05, 3.63) is 24.0 Å². The van der Waals surface area contributed by atoms with E-state index in [1.54, 1.807) is 11.1 Å². The molecule has 4 amide bonds. The molecular formula is C30H42N6O4. The predicted octanol–water partition coefficient (Wildman–Crippen LogP) is 4.32. The number of imide groups is 1. The van der Waals surface area contributed by atoms with E-state index in [1.807, 2.05) is 31.7 Å². The van der Waals surface area contributed by atoms with Gasteiger partial charge in [0, 0.05) is 63.3 Å². The topological polar surface area (TPSA) is 100 Å². The smallest absolute Gasteiger partial charge is 0.410 e. The third-order valence-corrected chi connectivity index (χ3v) is 9.32. The molecule has 1 unspecified atom stereocenters. The highest BCUT2D eigenvalue weighted by Gasteiger charge is 2.44. The van der Waals surface area contributed by atoms with Crippen molar-refractivity contribution in [1.82, 2.24) is 24.7 Å². The molecule has 4 aliphatic rings. The van der Waals surface area contributed by atoms with Crippen LogP contribution in [0.5, 0.6) is 0 Å². The average Bonchev–Trinajstić information content (AvgIpc) is 3.33. The zero-order valence-electron chi connectivity index (χ0n) is 24.2. The summed E-state index contributed by atoms with van der Waals surface area (Å²) >= 11 is 0. The second kappa shape index (κ2) is 10.4. The number of carbonyl (C=O) groups excluding carboxylic acids is 3. The van der Waals surface area contributed by atoms with Crippen LogP contribution in [0.25, 0.3) is 11.0 Å². The zero-order chi connectivity index (χ0) is 28.2. The fraction of sp³-hybridized carbons (Fsp3) is 0.667. The van der Waals surface area contributed by atoms with Crippen LogP contribution in [-0.2, 0) is 9.53 Å². The van der Waals surface area contributed by atoms with Gasteiger partial charge in [0.2, 0.25) is 5.91 Å². The van der Waals surface area contributed by atoms with Gasteiger partial charge in [0.25, 0.3) is 0 Å². The molecular weight excluding hydrogens is 508 g/mol. The van der Waals surface area contributed by atoms with E-state index in [-0.39, 0.29) is 18.0 Å². The summed E-state index contributed by atoms with van der Waals surface area (Å²) in [6, 6.07) is 2.04. The van der Waals surface area contributed by atoms with Crippen LogP contribution in [0.3, 0.4) is 0 Å². The number of carbonyl (C=O) groups is 3. The maximum Gasteiger partial charge on any atom is 0.410 e. The number of rotatable bonds is 4. The Morgan fingerprint density at radius 1 is 1.07 bits per heavy atom. The van der Waals surface area contributed by atoms with E-state index in [0.29, 0.717) is 36.8 Å². The van der Waals surface area contributed by atoms with Gasteiger partial charge in [-0.05, 0) is 82.8 Å². The van der Waals surface area contributed by atoms with Crippen molar-refractivity contribution in [2.24, 2.45) is 17.8 Å². The van der Waals surface area contributed by atoms with Gasteiger partial charge in [-0.2, -0.15) is 0 Å². The summed E-state index contributed by atoms with van der Waals surface area (Å²) in [5.41, 5.74) is 2.37. The minimum Gasteiger partial charge on any atom is -0.444 e. The Labute approximate surface area is 236 Å². The Bertz CT molecular complexity index is 1290. The Hall–Kier alpha value is -3.14. The van der Waals surface area contributed by atoms with Gasteiger partial charge in [0.1, 0.15) is 11.2 Å². The number of fused-ring (bicyclic) bond motifs is 3. The summed E-state index contributed by atoms with van der Waals surface area (Å²) in [6.07, 6.45) is 8.67. The van der Waals surface area contributed by atoms with Gasteiger partial charge < -0.3 is 19.1 Å². The minimum absolute atomic E-state index is 0.159. The van der Waals surface area contributed by atoms with Crippen LogP contribution in [0.4, 0.5) is 15.3 Å². The van der Waals surface area contributed by atoms with Crippen molar-refractivity contribution < 1.29 is 19.1 Å². The normalized spacial score (nSPS) is 26.4. The highest BCUT2D eigenvalue weighted by atomic mass is 16.6. The molecule has 40 heavy (non-hydrogen) atoms. The molecule has 10 heteroatoms. The maximum absolute atomic E-state index is 12.7.